The Morgan fingerprint density at radius 1 is 1.04 bits per heavy atom. The van der Waals surface area contributed by atoms with E-state index in [1.54, 1.807) is 35.2 Å². The minimum absolute atomic E-state index is 0.107. The predicted molar refractivity (Wildman–Crippen MR) is 97.2 cm³/mol. The average molecular weight is 399 g/mol. The number of rotatable bonds is 4. The third kappa shape index (κ3) is 5.07. The number of nitrogens with zero attached hydrogens (tertiary/aromatic N) is 2. The number of amides is 1. The summed E-state index contributed by atoms with van der Waals surface area (Å²) in [6.45, 7) is 1.67. The van der Waals surface area contributed by atoms with E-state index < -0.39 is 11.7 Å². The summed E-state index contributed by atoms with van der Waals surface area (Å²) in [5.74, 6) is 0.345. The lowest BCUT2D eigenvalue weighted by atomic mass is 10.1. The van der Waals surface area contributed by atoms with Gasteiger partial charge in [0.1, 0.15) is 5.75 Å². The Kier molecular flexibility index (Phi) is 5.79. The lowest BCUT2D eigenvalue weighted by Crippen LogP contribution is -2.50. The highest BCUT2D eigenvalue weighted by Crippen LogP contribution is 2.31. The zero-order valence-electron chi connectivity index (χ0n) is 14.4. The van der Waals surface area contributed by atoms with Gasteiger partial charge in [0.25, 0.3) is 5.91 Å². The second-order valence-corrected chi connectivity index (χ2v) is 6.60. The van der Waals surface area contributed by atoms with Crippen LogP contribution in [0, 0.1) is 0 Å². The molecule has 0 atom stereocenters. The Morgan fingerprint density at radius 2 is 1.74 bits per heavy atom. The van der Waals surface area contributed by atoms with E-state index in [-0.39, 0.29) is 12.5 Å². The van der Waals surface area contributed by atoms with Crippen molar-refractivity contribution in [2.75, 3.05) is 37.7 Å². The molecule has 0 spiro atoms. The van der Waals surface area contributed by atoms with Gasteiger partial charge in [-0.2, -0.15) is 13.2 Å². The molecular formula is C19H18ClF3N2O2. The molecule has 8 heteroatoms. The van der Waals surface area contributed by atoms with E-state index in [9.17, 15) is 18.0 Å². The van der Waals surface area contributed by atoms with Gasteiger partial charge < -0.3 is 14.5 Å². The zero-order chi connectivity index (χ0) is 19.4. The molecule has 1 amide bonds. The second kappa shape index (κ2) is 8.08. The highest BCUT2D eigenvalue weighted by molar-refractivity contribution is 6.30. The normalized spacial score (nSPS) is 15.0. The van der Waals surface area contributed by atoms with Crippen molar-refractivity contribution in [3.05, 3.63) is 59.1 Å². The van der Waals surface area contributed by atoms with Crippen LogP contribution >= 0.6 is 11.6 Å². The lowest BCUT2D eigenvalue weighted by molar-refractivity contribution is -0.137. The van der Waals surface area contributed by atoms with Gasteiger partial charge in [-0.1, -0.05) is 23.7 Å². The van der Waals surface area contributed by atoms with Crippen LogP contribution in [-0.4, -0.2) is 43.6 Å². The monoisotopic (exact) mass is 398 g/mol. The summed E-state index contributed by atoms with van der Waals surface area (Å²) < 4.78 is 44.0. The van der Waals surface area contributed by atoms with E-state index in [4.69, 9.17) is 16.3 Å². The molecule has 144 valence electrons. The van der Waals surface area contributed by atoms with Crippen molar-refractivity contribution in [1.29, 1.82) is 0 Å². The van der Waals surface area contributed by atoms with E-state index in [0.717, 1.165) is 12.1 Å². The maximum atomic E-state index is 12.9. The summed E-state index contributed by atoms with van der Waals surface area (Å²) in [4.78, 5) is 15.8. The van der Waals surface area contributed by atoms with Gasteiger partial charge in [-0.3, -0.25) is 4.79 Å². The number of anilines is 1. The molecule has 1 saturated heterocycles. The molecule has 1 aliphatic heterocycles. The third-order valence-corrected chi connectivity index (χ3v) is 4.56. The van der Waals surface area contributed by atoms with Crippen LogP contribution in [0.4, 0.5) is 18.9 Å². The molecule has 0 saturated carbocycles. The lowest BCUT2D eigenvalue weighted by Gasteiger charge is -2.36. The van der Waals surface area contributed by atoms with Gasteiger partial charge in [0.15, 0.2) is 6.61 Å². The predicted octanol–water partition coefficient (Wildman–Crippen LogP) is 4.09. The van der Waals surface area contributed by atoms with Crippen LogP contribution in [0.5, 0.6) is 5.75 Å². The number of alkyl halides is 3. The maximum Gasteiger partial charge on any atom is 0.416 e. The van der Waals surface area contributed by atoms with Crippen molar-refractivity contribution in [2.45, 2.75) is 6.18 Å². The zero-order valence-corrected chi connectivity index (χ0v) is 15.1. The first kappa shape index (κ1) is 19.4. The number of piperazine rings is 1. The maximum absolute atomic E-state index is 12.9. The van der Waals surface area contributed by atoms with Gasteiger partial charge in [0.2, 0.25) is 0 Å². The summed E-state index contributed by atoms with van der Waals surface area (Å²) in [6, 6.07) is 12.0. The van der Waals surface area contributed by atoms with Crippen molar-refractivity contribution in [2.24, 2.45) is 0 Å². The molecule has 0 unspecified atom stereocenters. The molecule has 0 bridgehead atoms. The number of carbonyl (C=O) groups is 1. The van der Waals surface area contributed by atoms with Crippen LogP contribution in [0.15, 0.2) is 48.5 Å². The molecule has 2 aromatic rings. The van der Waals surface area contributed by atoms with Gasteiger partial charge in [-0.15, -0.1) is 0 Å². The molecule has 27 heavy (non-hydrogen) atoms. The van der Waals surface area contributed by atoms with Crippen molar-refractivity contribution >= 4 is 23.2 Å². The molecule has 0 aromatic heterocycles. The van der Waals surface area contributed by atoms with Gasteiger partial charge in [0, 0.05) is 36.9 Å². The number of halogens is 4. The first-order valence-corrected chi connectivity index (χ1v) is 8.79. The molecule has 2 aromatic carbocycles. The standard InChI is InChI=1S/C19H18ClF3N2O2/c20-15-4-2-6-17(12-15)27-13-18(26)25-9-7-24(8-10-25)16-5-1-3-14(11-16)19(21,22)23/h1-6,11-12H,7-10,13H2. The van der Waals surface area contributed by atoms with Crippen LogP contribution in [0.2, 0.25) is 5.02 Å². The second-order valence-electron chi connectivity index (χ2n) is 6.16. The Balaban J connectivity index is 1.53. The smallest absolute Gasteiger partial charge is 0.416 e. The van der Waals surface area contributed by atoms with E-state index in [1.165, 1.54) is 6.07 Å². The van der Waals surface area contributed by atoms with E-state index in [2.05, 4.69) is 0 Å². The summed E-state index contributed by atoms with van der Waals surface area (Å²) in [5.41, 5.74) is -0.166. The number of benzene rings is 2. The first-order chi connectivity index (χ1) is 12.8. The van der Waals surface area contributed by atoms with Crippen molar-refractivity contribution in [3.8, 4) is 5.75 Å². The van der Waals surface area contributed by atoms with Crippen LogP contribution in [0.3, 0.4) is 0 Å². The van der Waals surface area contributed by atoms with Crippen LogP contribution in [0.1, 0.15) is 5.56 Å². The van der Waals surface area contributed by atoms with Gasteiger partial charge >= 0.3 is 6.18 Å². The van der Waals surface area contributed by atoms with Crippen LogP contribution in [0.25, 0.3) is 0 Å². The van der Waals surface area contributed by atoms with E-state index in [0.29, 0.717) is 42.6 Å². The highest BCUT2D eigenvalue weighted by atomic mass is 35.5. The van der Waals surface area contributed by atoms with Crippen LogP contribution in [-0.2, 0) is 11.0 Å². The molecule has 4 nitrogen and oxygen atoms in total. The first-order valence-electron chi connectivity index (χ1n) is 8.41. The molecular weight excluding hydrogens is 381 g/mol. The fourth-order valence-corrected chi connectivity index (χ4v) is 3.07. The Bertz CT molecular complexity index is 806. The molecule has 0 radical (unpaired) electrons. The fraction of sp³-hybridized carbons (Fsp3) is 0.316. The molecule has 3 rings (SSSR count). The third-order valence-electron chi connectivity index (χ3n) is 4.33. The van der Waals surface area contributed by atoms with Crippen LogP contribution < -0.4 is 9.64 Å². The van der Waals surface area contributed by atoms with Gasteiger partial charge in [-0.05, 0) is 36.4 Å². The molecule has 1 heterocycles. The highest BCUT2D eigenvalue weighted by Gasteiger charge is 2.31. The SMILES string of the molecule is O=C(COc1cccc(Cl)c1)N1CCN(c2cccc(C(F)(F)F)c2)CC1. The summed E-state index contributed by atoms with van der Waals surface area (Å²) in [7, 11) is 0. The average Bonchev–Trinajstić information content (AvgIpc) is 2.66. The molecule has 0 N–H and O–H groups in total. The summed E-state index contributed by atoms with van der Waals surface area (Å²) in [6.07, 6.45) is -4.37. The quantitative estimate of drug-likeness (QED) is 0.777. The van der Waals surface area contributed by atoms with Gasteiger partial charge in [0.05, 0.1) is 5.56 Å². The molecule has 0 aliphatic carbocycles. The fourth-order valence-electron chi connectivity index (χ4n) is 2.89. The topological polar surface area (TPSA) is 32.8 Å². The largest absolute Gasteiger partial charge is 0.484 e. The number of carbonyl (C=O) groups excluding carboxylic acids is 1. The summed E-state index contributed by atoms with van der Waals surface area (Å²) >= 11 is 5.87. The molecule has 1 aliphatic rings. The van der Waals surface area contributed by atoms with Crippen molar-refractivity contribution in [1.82, 2.24) is 4.90 Å². The minimum Gasteiger partial charge on any atom is -0.484 e. The van der Waals surface area contributed by atoms with Crippen molar-refractivity contribution < 1.29 is 22.7 Å². The number of hydrogen-bond donors (Lipinski definition) is 0. The van der Waals surface area contributed by atoms with Crippen molar-refractivity contribution in [3.63, 3.8) is 0 Å². The Hall–Kier alpha value is -2.41. The van der Waals surface area contributed by atoms with Gasteiger partial charge in [-0.25, -0.2) is 0 Å². The summed E-state index contributed by atoms with van der Waals surface area (Å²) in [5, 5.41) is 0.523. The Morgan fingerprint density at radius 3 is 2.41 bits per heavy atom. The van der Waals surface area contributed by atoms with E-state index >= 15 is 0 Å². The molecule has 1 fully saturated rings. The number of hydrogen-bond acceptors (Lipinski definition) is 3. The Labute approximate surface area is 160 Å². The number of ether oxygens (including phenoxy) is 1. The van der Waals surface area contributed by atoms with E-state index in [1.807, 2.05) is 4.90 Å². The minimum atomic E-state index is -4.37.